The minimum Gasteiger partial charge on any atom is -0.497 e. The predicted molar refractivity (Wildman–Crippen MR) is 97.9 cm³/mol. The van der Waals surface area contributed by atoms with Crippen LogP contribution in [0, 0.1) is 0 Å². The first kappa shape index (κ1) is 20.2. The summed E-state index contributed by atoms with van der Waals surface area (Å²) in [5.41, 5.74) is 0.500. The number of methoxy groups -OCH3 is 1. The highest BCUT2D eigenvalue weighted by Crippen LogP contribution is 2.12. The fraction of sp³-hybridized carbons (Fsp3) is 0.562. The molecule has 0 aromatic heterocycles. The fourth-order valence-electron chi connectivity index (χ4n) is 2.30. The fourth-order valence-corrected chi connectivity index (χ4v) is 3.38. The molecule has 0 saturated carbocycles. The molecule has 0 atom stereocenters. The van der Waals surface area contributed by atoms with Gasteiger partial charge in [-0.05, 0) is 31.5 Å². The summed E-state index contributed by atoms with van der Waals surface area (Å²) >= 11 is 0. The first-order valence-corrected chi connectivity index (χ1v) is 9.49. The zero-order valence-electron chi connectivity index (χ0n) is 15.3. The molecule has 0 saturated heterocycles. The van der Waals surface area contributed by atoms with Gasteiger partial charge >= 0.3 is 0 Å². The molecule has 0 bridgehead atoms. The second kappa shape index (κ2) is 8.34. The van der Waals surface area contributed by atoms with Crippen molar-refractivity contribution in [2.75, 3.05) is 34.0 Å². The van der Waals surface area contributed by atoms with Crippen molar-refractivity contribution in [2.45, 2.75) is 25.9 Å². The Labute approximate surface area is 145 Å². The van der Waals surface area contributed by atoms with Crippen molar-refractivity contribution in [1.82, 2.24) is 14.9 Å². The van der Waals surface area contributed by atoms with Gasteiger partial charge < -0.3 is 15.0 Å². The first-order valence-electron chi connectivity index (χ1n) is 7.60. The number of sulfonamides is 1. The van der Waals surface area contributed by atoms with Crippen LogP contribution in [-0.2, 0) is 16.6 Å². The lowest BCUT2D eigenvalue weighted by atomic mass is 10.1. The van der Waals surface area contributed by atoms with Crippen LogP contribution < -0.4 is 14.8 Å². The molecule has 0 aliphatic rings. The molecule has 0 aliphatic carbocycles. The van der Waals surface area contributed by atoms with Crippen molar-refractivity contribution in [2.24, 2.45) is 4.99 Å². The van der Waals surface area contributed by atoms with Crippen molar-refractivity contribution in [3.8, 4) is 5.75 Å². The molecule has 2 N–H and O–H groups in total. The van der Waals surface area contributed by atoms with Crippen LogP contribution in [0.2, 0.25) is 0 Å². The average Bonchev–Trinajstić information content (AvgIpc) is 2.46. The molecule has 0 spiro atoms. The highest BCUT2D eigenvalue weighted by Gasteiger charge is 2.22. The molecular formula is C16H28N4O3S. The van der Waals surface area contributed by atoms with Gasteiger partial charge in [0.1, 0.15) is 5.75 Å². The Morgan fingerprint density at radius 1 is 1.29 bits per heavy atom. The largest absolute Gasteiger partial charge is 0.497 e. The number of nitrogens with zero attached hydrogens (tertiary/aromatic N) is 2. The van der Waals surface area contributed by atoms with Crippen molar-refractivity contribution >= 4 is 16.0 Å². The number of guanidine groups is 1. The van der Waals surface area contributed by atoms with Crippen LogP contribution in [0.3, 0.4) is 0 Å². The van der Waals surface area contributed by atoms with E-state index in [0.717, 1.165) is 17.6 Å². The van der Waals surface area contributed by atoms with E-state index in [4.69, 9.17) is 4.74 Å². The number of hydrogen-bond acceptors (Lipinski definition) is 4. The maximum absolute atomic E-state index is 11.4. The van der Waals surface area contributed by atoms with E-state index in [9.17, 15) is 8.42 Å². The summed E-state index contributed by atoms with van der Waals surface area (Å²) in [5, 5.41) is 3.20. The van der Waals surface area contributed by atoms with Gasteiger partial charge in [0.15, 0.2) is 5.96 Å². The molecule has 1 aromatic rings. The Kier molecular flexibility index (Phi) is 7.04. The SMILES string of the molecule is CN=C(NCC(C)(C)NS(C)(=O)=O)N(C)Cc1ccc(OC)cc1. The Bertz CT molecular complexity index is 654. The molecular weight excluding hydrogens is 328 g/mol. The van der Waals surface area contributed by atoms with E-state index in [2.05, 4.69) is 15.0 Å². The third-order valence-corrected chi connectivity index (χ3v) is 4.23. The van der Waals surface area contributed by atoms with Gasteiger partial charge in [0.2, 0.25) is 10.0 Å². The van der Waals surface area contributed by atoms with Gasteiger partial charge in [-0.1, -0.05) is 12.1 Å². The maximum Gasteiger partial charge on any atom is 0.209 e. The summed E-state index contributed by atoms with van der Waals surface area (Å²) in [6, 6.07) is 7.83. The van der Waals surface area contributed by atoms with Gasteiger partial charge in [0.25, 0.3) is 0 Å². The highest BCUT2D eigenvalue weighted by molar-refractivity contribution is 7.88. The van der Waals surface area contributed by atoms with Gasteiger partial charge in [-0.25, -0.2) is 13.1 Å². The van der Waals surface area contributed by atoms with E-state index in [-0.39, 0.29) is 0 Å². The van der Waals surface area contributed by atoms with Crippen molar-refractivity contribution < 1.29 is 13.2 Å². The van der Waals surface area contributed by atoms with Crippen LogP contribution >= 0.6 is 0 Å². The highest BCUT2D eigenvalue weighted by atomic mass is 32.2. The van der Waals surface area contributed by atoms with Gasteiger partial charge in [0.05, 0.1) is 13.4 Å². The molecule has 0 amide bonds. The topological polar surface area (TPSA) is 83.0 Å². The second-order valence-corrected chi connectivity index (χ2v) is 8.11. The molecule has 0 aliphatic heterocycles. The summed E-state index contributed by atoms with van der Waals surface area (Å²) in [4.78, 5) is 6.22. The van der Waals surface area contributed by atoms with E-state index in [1.807, 2.05) is 50.1 Å². The van der Waals surface area contributed by atoms with Gasteiger partial charge in [-0.15, -0.1) is 0 Å². The van der Waals surface area contributed by atoms with E-state index < -0.39 is 15.6 Å². The Hall–Kier alpha value is -1.80. The summed E-state index contributed by atoms with van der Waals surface area (Å²) in [6.07, 6.45) is 1.15. The molecule has 136 valence electrons. The third-order valence-electron chi connectivity index (χ3n) is 3.30. The quantitative estimate of drug-likeness (QED) is 0.563. The summed E-state index contributed by atoms with van der Waals surface area (Å²) in [5.74, 6) is 1.51. The van der Waals surface area contributed by atoms with Crippen LogP contribution in [-0.4, -0.2) is 58.8 Å². The summed E-state index contributed by atoms with van der Waals surface area (Å²) in [6.45, 7) is 4.72. The zero-order valence-corrected chi connectivity index (χ0v) is 16.1. The van der Waals surface area contributed by atoms with E-state index >= 15 is 0 Å². The first-order chi connectivity index (χ1) is 11.1. The second-order valence-electron chi connectivity index (χ2n) is 6.36. The smallest absolute Gasteiger partial charge is 0.209 e. The Morgan fingerprint density at radius 2 is 1.88 bits per heavy atom. The lowest BCUT2D eigenvalue weighted by Crippen LogP contribution is -2.53. The van der Waals surface area contributed by atoms with E-state index in [1.54, 1.807) is 14.2 Å². The Morgan fingerprint density at radius 3 is 2.33 bits per heavy atom. The van der Waals surface area contributed by atoms with Crippen LogP contribution in [0.15, 0.2) is 29.3 Å². The maximum atomic E-state index is 11.4. The average molecular weight is 356 g/mol. The number of nitrogens with one attached hydrogen (secondary N) is 2. The van der Waals surface area contributed by atoms with Crippen LogP contribution in [0.5, 0.6) is 5.75 Å². The van der Waals surface area contributed by atoms with Gasteiger partial charge in [0, 0.05) is 32.7 Å². The molecule has 0 heterocycles. The monoisotopic (exact) mass is 356 g/mol. The summed E-state index contributed by atoms with van der Waals surface area (Å²) < 4.78 is 30.5. The van der Waals surface area contributed by atoms with Crippen molar-refractivity contribution in [1.29, 1.82) is 0 Å². The Balaban J connectivity index is 2.65. The number of hydrogen-bond donors (Lipinski definition) is 2. The van der Waals surface area contributed by atoms with Crippen LogP contribution in [0.25, 0.3) is 0 Å². The van der Waals surface area contributed by atoms with E-state index in [0.29, 0.717) is 19.0 Å². The van der Waals surface area contributed by atoms with Crippen LogP contribution in [0.1, 0.15) is 19.4 Å². The van der Waals surface area contributed by atoms with Crippen LogP contribution in [0.4, 0.5) is 0 Å². The summed E-state index contributed by atoms with van der Waals surface area (Å²) in [7, 11) is 2.00. The molecule has 24 heavy (non-hydrogen) atoms. The van der Waals surface area contributed by atoms with E-state index in [1.165, 1.54) is 0 Å². The zero-order chi connectivity index (χ0) is 18.4. The molecule has 1 aromatic carbocycles. The molecule has 0 fully saturated rings. The number of aliphatic imine (C=N–C) groups is 1. The predicted octanol–water partition coefficient (Wildman–Crippen LogP) is 1.03. The minimum absolute atomic E-state index is 0.416. The van der Waals surface area contributed by atoms with Gasteiger partial charge in [-0.3, -0.25) is 4.99 Å². The lowest BCUT2D eigenvalue weighted by molar-refractivity contribution is 0.413. The molecule has 8 heteroatoms. The number of ether oxygens (including phenoxy) is 1. The van der Waals surface area contributed by atoms with Crippen molar-refractivity contribution in [3.05, 3.63) is 29.8 Å². The van der Waals surface area contributed by atoms with Crippen molar-refractivity contribution in [3.63, 3.8) is 0 Å². The molecule has 0 radical (unpaired) electrons. The standard InChI is InChI=1S/C16H28N4O3S/c1-16(2,19-24(6,21)22)12-18-15(17-3)20(4)11-13-7-9-14(23-5)10-8-13/h7-10,19H,11-12H2,1-6H3,(H,17,18). The third kappa shape index (κ3) is 7.18. The number of rotatable bonds is 7. The van der Waals surface area contributed by atoms with Gasteiger partial charge in [-0.2, -0.15) is 0 Å². The normalized spacial score (nSPS) is 12.8. The molecule has 0 unspecified atom stereocenters. The molecule has 1 rings (SSSR count). The molecule has 7 nitrogen and oxygen atoms in total. The number of benzene rings is 1. The minimum atomic E-state index is -3.27. The lowest BCUT2D eigenvalue weighted by Gasteiger charge is -2.29.